The fourth-order valence-electron chi connectivity index (χ4n) is 5.88. The number of halogens is 3. The third-order valence-corrected chi connectivity index (χ3v) is 10.1. The van der Waals surface area contributed by atoms with Crippen LogP contribution in [-0.2, 0) is 29.5 Å². The maximum absolute atomic E-state index is 13.9. The molecule has 0 atom stereocenters. The van der Waals surface area contributed by atoms with Gasteiger partial charge >= 0.3 is 6.18 Å². The molecular formula is C31H34F3N5O2S. The van der Waals surface area contributed by atoms with Gasteiger partial charge in [0.1, 0.15) is 0 Å². The lowest BCUT2D eigenvalue weighted by molar-refractivity contribution is -0.137. The molecule has 6 rings (SSSR count). The lowest BCUT2D eigenvalue weighted by Crippen LogP contribution is -2.49. The van der Waals surface area contributed by atoms with Crippen molar-refractivity contribution in [1.82, 2.24) is 19.8 Å². The molecule has 0 radical (unpaired) electrons. The molecule has 7 nitrogen and oxygen atoms in total. The molecule has 11 heteroatoms. The van der Waals surface area contributed by atoms with Crippen molar-refractivity contribution >= 4 is 23.4 Å². The van der Waals surface area contributed by atoms with Crippen LogP contribution in [0.1, 0.15) is 67.3 Å². The maximum Gasteiger partial charge on any atom is 0.416 e. The molecule has 3 N–H and O–H groups in total. The number of anilines is 1. The summed E-state index contributed by atoms with van der Waals surface area (Å²) in [5.74, 6) is -0.0682. The average Bonchev–Trinajstić information content (AvgIpc) is 2.92. The molecule has 2 aromatic carbocycles. The Morgan fingerprint density at radius 3 is 2.38 bits per heavy atom. The minimum atomic E-state index is -4.37. The highest BCUT2D eigenvalue weighted by Gasteiger charge is 2.39. The Morgan fingerprint density at radius 1 is 1.07 bits per heavy atom. The molecule has 3 aliphatic rings. The number of hydrogen-bond acceptors (Lipinski definition) is 6. The van der Waals surface area contributed by atoms with E-state index in [0.29, 0.717) is 46.9 Å². The zero-order chi connectivity index (χ0) is 29.5. The van der Waals surface area contributed by atoms with Crippen LogP contribution in [-0.4, -0.2) is 38.7 Å². The van der Waals surface area contributed by atoms with Crippen molar-refractivity contribution in [3.05, 3.63) is 81.3 Å². The number of hydrogen-bond donors (Lipinski definition) is 2. The molecule has 42 heavy (non-hydrogen) atoms. The van der Waals surface area contributed by atoms with Crippen LogP contribution in [0.25, 0.3) is 5.69 Å². The summed E-state index contributed by atoms with van der Waals surface area (Å²) in [6.45, 7) is 1.09. The van der Waals surface area contributed by atoms with E-state index < -0.39 is 17.3 Å². The summed E-state index contributed by atoms with van der Waals surface area (Å²) in [7, 11) is 0. The molecule has 3 aromatic rings. The van der Waals surface area contributed by atoms with E-state index in [1.54, 1.807) is 33.4 Å². The van der Waals surface area contributed by atoms with Crippen LogP contribution < -0.4 is 16.6 Å². The third-order valence-electron chi connectivity index (χ3n) is 8.80. The molecule has 0 saturated heterocycles. The Labute approximate surface area is 246 Å². The molecule has 1 aromatic heterocycles. The number of nitrogens with one attached hydrogen (secondary N) is 1. The molecule has 2 aliphatic carbocycles. The van der Waals surface area contributed by atoms with E-state index >= 15 is 0 Å². The minimum Gasteiger partial charge on any atom is -0.399 e. The van der Waals surface area contributed by atoms with Crippen LogP contribution in [0.15, 0.2) is 58.5 Å². The number of alkyl halides is 3. The van der Waals surface area contributed by atoms with Crippen molar-refractivity contribution in [2.45, 2.75) is 80.0 Å². The van der Waals surface area contributed by atoms with Crippen LogP contribution >= 0.6 is 11.8 Å². The number of aromatic nitrogens is 2. The van der Waals surface area contributed by atoms with Crippen molar-refractivity contribution in [1.29, 1.82) is 0 Å². The van der Waals surface area contributed by atoms with Gasteiger partial charge in [0.2, 0.25) is 5.91 Å². The van der Waals surface area contributed by atoms with Crippen molar-refractivity contribution < 1.29 is 18.0 Å². The quantitative estimate of drug-likeness (QED) is 0.266. The van der Waals surface area contributed by atoms with Gasteiger partial charge in [-0.15, -0.1) is 0 Å². The van der Waals surface area contributed by atoms with Crippen LogP contribution in [0, 0.1) is 0 Å². The molecule has 222 valence electrons. The Morgan fingerprint density at radius 2 is 1.79 bits per heavy atom. The summed E-state index contributed by atoms with van der Waals surface area (Å²) in [4.78, 5) is 33.8. The number of carbonyl (C=O) groups is 1. The van der Waals surface area contributed by atoms with Crippen LogP contribution in [0.5, 0.6) is 0 Å². The molecule has 2 heterocycles. The molecular weight excluding hydrogens is 563 g/mol. The van der Waals surface area contributed by atoms with Gasteiger partial charge < -0.3 is 16.0 Å². The lowest BCUT2D eigenvalue weighted by Gasteiger charge is -2.43. The fourth-order valence-corrected chi connectivity index (χ4v) is 7.20. The Hall–Kier alpha value is -3.31. The molecule has 0 unspecified atom stereocenters. The smallest absolute Gasteiger partial charge is 0.399 e. The third kappa shape index (κ3) is 5.68. The van der Waals surface area contributed by atoms with Gasteiger partial charge in [-0.3, -0.25) is 14.2 Å². The SMILES string of the molecule is Nc1ccc(-n2c(SC3CCC3)nc3c(c2=O)CN(C(=O)CCNC2(c4ccc(C(F)(F)F)cc4)CCC2)CC3)cc1. The van der Waals surface area contributed by atoms with Crippen molar-refractivity contribution in [3.8, 4) is 5.69 Å². The molecule has 1 aliphatic heterocycles. The number of nitrogen functional groups attached to an aromatic ring is 1. The van der Waals surface area contributed by atoms with Gasteiger partial charge in [-0.25, -0.2) is 4.98 Å². The number of carbonyl (C=O) groups excluding carboxylic acids is 1. The first-order chi connectivity index (χ1) is 20.1. The topological polar surface area (TPSA) is 93.2 Å². The average molecular weight is 598 g/mol. The van der Waals surface area contributed by atoms with Gasteiger partial charge in [0.25, 0.3) is 5.56 Å². The monoisotopic (exact) mass is 597 g/mol. The first-order valence-electron chi connectivity index (χ1n) is 14.5. The number of fused-ring (bicyclic) bond motifs is 1. The minimum absolute atomic E-state index is 0.0682. The first kappa shape index (κ1) is 28.8. The van der Waals surface area contributed by atoms with Crippen LogP contribution in [0.2, 0.25) is 0 Å². The highest BCUT2D eigenvalue weighted by atomic mass is 32.2. The molecule has 1 amide bonds. The lowest BCUT2D eigenvalue weighted by atomic mass is 9.71. The molecule has 2 saturated carbocycles. The molecule has 0 bridgehead atoms. The second-order valence-electron chi connectivity index (χ2n) is 11.5. The number of amides is 1. The second-order valence-corrected chi connectivity index (χ2v) is 12.7. The summed E-state index contributed by atoms with van der Waals surface area (Å²) < 4.78 is 40.7. The number of nitrogens with two attached hydrogens (primary N) is 1. The van der Waals surface area contributed by atoms with E-state index in [-0.39, 0.29) is 24.4 Å². The van der Waals surface area contributed by atoms with E-state index in [0.717, 1.165) is 55.5 Å². The summed E-state index contributed by atoms with van der Waals surface area (Å²) in [6, 6.07) is 12.5. The molecule has 2 fully saturated rings. The first-order valence-corrected chi connectivity index (χ1v) is 15.4. The summed E-state index contributed by atoms with van der Waals surface area (Å²) >= 11 is 1.65. The number of rotatable bonds is 8. The van der Waals surface area contributed by atoms with E-state index in [1.807, 2.05) is 12.1 Å². The highest BCUT2D eigenvalue weighted by molar-refractivity contribution is 7.99. The van der Waals surface area contributed by atoms with Crippen molar-refractivity contribution in [2.24, 2.45) is 0 Å². The second kappa shape index (κ2) is 11.4. The Balaban J connectivity index is 1.15. The predicted octanol–water partition coefficient (Wildman–Crippen LogP) is 5.42. The van der Waals surface area contributed by atoms with E-state index in [2.05, 4.69) is 5.32 Å². The Bertz CT molecular complexity index is 1510. The largest absolute Gasteiger partial charge is 0.416 e. The van der Waals surface area contributed by atoms with Gasteiger partial charge in [0.15, 0.2) is 5.16 Å². The van der Waals surface area contributed by atoms with Crippen LogP contribution in [0.4, 0.5) is 18.9 Å². The van der Waals surface area contributed by atoms with Crippen LogP contribution in [0.3, 0.4) is 0 Å². The van der Waals surface area contributed by atoms with Crippen molar-refractivity contribution in [2.75, 3.05) is 18.8 Å². The number of thioether (sulfide) groups is 1. The van der Waals surface area contributed by atoms with E-state index in [1.165, 1.54) is 18.6 Å². The Kier molecular flexibility index (Phi) is 7.82. The number of nitrogens with zero attached hydrogens (tertiary/aromatic N) is 3. The standard InChI is InChI=1S/C31H34F3N5O2S/c32-31(33,34)21-7-5-20(6-8-21)30(15-2-16-30)36-17-13-27(40)38-18-14-26-25(19-38)28(41)39(23-11-9-22(35)10-12-23)29(37-26)42-24-3-1-4-24/h5-12,24,36H,1-4,13-19,35H2. The number of benzene rings is 2. The van der Waals surface area contributed by atoms with E-state index in [9.17, 15) is 22.8 Å². The van der Waals surface area contributed by atoms with E-state index in [4.69, 9.17) is 10.7 Å². The summed E-state index contributed by atoms with van der Waals surface area (Å²) in [6.07, 6.45) is 2.36. The van der Waals surface area contributed by atoms with Gasteiger partial charge in [-0.2, -0.15) is 13.2 Å². The fraction of sp³-hybridized carbons (Fsp3) is 0.452. The van der Waals surface area contributed by atoms with Gasteiger partial charge in [0.05, 0.1) is 29.1 Å². The normalized spacial score (nSPS) is 18.2. The van der Waals surface area contributed by atoms with Gasteiger partial charge in [-0.05, 0) is 74.1 Å². The zero-order valence-corrected chi connectivity index (χ0v) is 24.1. The zero-order valence-electron chi connectivity index (χ0n) is 23.3. The summed E-state index contributed by atoms with van der Waals surface area (Å²) in [5, 5.41) is 4.60. The summed E-state index contributed by atoms with van der Waals surface area (Å²) in [5.41, 5.74) is 8.07. The highest BCUT2D eigenvalue weighted by Crippen LogP contribution is 2.42. The van der Waals surface area contributed by atoms with Crippen molar-refractivity contribution in [3.63, 3.8) is 0 Å². The van der Waals surface area contributed by atoms with Gasteiger partial charge in [0, 0.05) is 42.4 Å². The van der Waals surface area contributed by atoms with Gasteiger partial charge in [-0.1, -0.05) is 30.3 Å². The maximum atomic E-state index is 13.9. The molecule has 0 spiro atoms. The predicted molar refractivity (Wildman–Crippen MR) is 156 cm³/mol.